The minimum absolute atomic E-state index is 0.204. The van der Waals surface area contributed by atoms with Crippen molar-refractivity contribution in [2.24, 2.45) is 0 Å². The zero-order chi connectivity index (χ0) is 17.1. The fraction of sp³-hybridized carbons (Fsp3) is 0.133. The van der Waals surface area contributed by atoms with Crippen LogP contribution in [0, 0.1) is 17.5 Å². The topological polar surface area (TPSA) is 35.5 Å². The van der Waals surface area contributed by atoms with Gasteiger partial charge in [-0.25, -0.2) is 18.0 Å². The van der Waals surface area contributed by atoms with Crippen LogP contribution in [0.25, 0.3) is 0 Å². The van der Waals surface area contributed by atoms with Crippen molar-refractivity contribution in [2.45, 2.75) is 6.61 Å². The standard InChI is InChI=1S/C15H9Cl2F3O3/c1-22-15(21)8-4-7(2-3-9(8)18)6-23-11-5-10(19)12(16)14(20)13(11)17/h2-5H,6H2,1H3. The van der Waals surface area contributed by atoms with Gasteiger partial charge in [-0.2, -0.15) is 0 Å². The molecule has 3 nitrogen and oxygen atoms in total. The lowest BCUT2D eigenvalue weighted by Crippen LogP contribution is -2.06. The zero-order valence-corrected chi connectivity index (χ0v) is 13.1. The number of rotatable bonds is 4. The highest BCUT2D eigenvalue weighted by atomic mass is 35.5. The average molecular weight is 365 g/mol. The number of carbonyl (C=O) groups is 1. The summed E-state index contributed by atoms with van der Waals surface area (Å²) in [6.07, 6.45) is 0. The predicted octanol–water partition coefficient (Wildman–Crippen LogP) is 4.78. The van der Waals surface area contributed by atoms with E-state index in [2.05, 4.69) is 4.74 Å². The molecule has 8 heteroatoms. The molecule has 0 heterocycles. The number of hydrogen-bond acceptors (Lipinski definition) is 3. The van der Waals surface area contributed by atoms with Crippen molar-refractivity contribution in [3.63, 3.8) is 0 Å². The van der Waals surface area contributed by atoms with Crippen LogP contribution in [-0.4, -0.2) is 13.1 Å². The first-order valence-corrected chi connectivity index (χ1v) is 6.93. The minimum atomic E-state index is -1.14. The van der Waals surface area contributed by atoms with E-state index < -0.39 is 33.5 Å². The van der Waals surface area contributed by atoms with Crippen LogP contribution in [0.5, 0.6) is 5.75 Å². The third-order valence-corrected chi connectivity index (χ3v) is 3.60. The van der Waals surface area contributed by atoms with Crippen LogP contribution in [0.4, 0.5) is 13.2 Å². The molecule has 0 aliphatic heterocycles. The molecular weight excluding hydrogens is 356 g/mol. The van der Waals surface area contributed by atoms with Crippen molar-refractivity contribution in [1.82, 2.24) is 0 Å². The Morgan fingerprint density at radius 2 is 1.78 bits per heavy atom. The predicted molar refractivity (Wildman–Crippen MR) is 78.4 cm³/mol. The van der Waals surface area contributed by atoms with E-state index in [1.165, 1.54) is 12.1 Å². The first-order valence-electron chi connectivity index (χ1n) is 6.17. The molecule has 0 saturated carbocycles. The Kier molecular flexibility index (Phi) is 5.38. The van der Waals surface area contributed by atoms with E-state index in [-0.39, 0.29) is 17.9 Å². The van der Waals surface area contributed by atoms with Crippen LogP contribution < -0.4 is 4.74 Å². The Morgan fingerprint density at radius 1 is 1.09 bits per heavy atom. The number of carbonyl (C=O) groups excluding carboxylic acids is 1. The number of halogens is 5. The molecule has 0 aromatic heterocycles. The van der Waals surface area contributed by atoms with Gasteiger partial charge in [0, 0.05) is 6.07 Å². The Balaban J connectivity index is 2.24. The molecule has 0 fully saturated rings. The van der Waals surface area contributed by atoms with Crippen molar-refractivity contribution < 1.29 is 27.4 Å². The molecule has 0 amide bonds. The smallest absolute Gasteiger partial charge is 0.340 e. The number of ether oxygens (including phenoxy) is 2. The third-order valence-electron chi connectivity index (χ3n) is 2.90. The van der Waals surface area contributed by atoms with Gasteiger partial charge in [-0.3, -0.25) is 0 Å². The van der Waals surface area contributed by atoms with Gasteiger partial charge in [-0.15, -0.1) is 0 Å². The van der Waals surface area contributed by atoms with Crippen molar-refractivity contribution in [2.75, 3.05) is 7.11 Å². The lowest BCUT2D eigenvalue weighted by atomic mass is 10.1. The van der Waals surface area contributed by atoms with Gasteiger partial charge in [-0.05, 0) is 17.7 Å². The Bertz CT molecular complexity index is 766. The van der Waals surface area contributed by atoms with E-state index in [1.54, 1.807) is 0 Å². The molecule has 2 rings (SSSR count). The number of benzene rings is 2. The van der Waals surface area contributed by atoms with Gasteiger partial charge in [0.15, 0.2) is 5.82 Å². The molecule has 0 bridgehead atoms. The molecule has 0 unspecified atom stereocenters. The summed E-state index contributed by atoms with van der Waals surface area (Å²) in [5.74, 6) is -4.06. The molecule has 0 N–H and O–H groups in total. The van der Waals surface area contributed by atoms with E-state index in [4.69, 9.17) is 27.9 Å². The molecule has 0 aliphatic carbocycles. The van der Waals surface area contributed by atoms with Crippen molar-refractivity contribution in [1.29, 1.82) is 0 Å². The molecule has 0 spiro atoms. The number of methoxy groups -OCH3 is 1. The highest BCUT2D eigenvalue weighted by molar-refractivity contribution is 6.35. The van der Waals surface area contributed by atoms with Crippen LogP contribution in [0.15, 0.2) is 24.3 Å². The quantitative estimate of drug-likeness (QED) is 0.445. The molecule has 2 aromatic rings. The maximum absolute atomic E-state index is 13.6. The fourth-order valence-corrected chi connectivity index (χ4v) is 2.15. The Morgan fingerprint density at radius 3 is 2.43 bits per heavy atom. The summed E-state index contributed by atoms with van der Waals surface area (Å²) < 4.78 is 50.1. The van der Waals surface area contributed by atoms with Gasteiger partial charge in [0.1, 0.15) is 34.0 Å². The molecule has 2 aromatic carbocycles. The van der Waals surface area contributed by atoms with E-state index in [0.717, 1.165) is 19.2 Å². The van der Waals surface area contributed by atoms with E-state index in [9.17, 15) is 18.0 Å². The van der Waals surface area contributed by atoms with Gasteiger partial charge >= 0.3 is 5.97 Å². The largest absolute Gasteiger partial charge is 0.487 e. The Labute approximate surface area is 139 Å². The molecule has 122 valence electrons. The van der Waals surface area contributed by atoms with E-state index in [0.29, 0.717) is 5.56 Å². The van der Waals surface area contributed by atoms with E-state index in [1.807, 2.05) is 0 Å². The molecule has 0 saturated heterocycles. The normalized spacial score (nSPS) is 10.5. The van der Waals surface area contributed by atoms with Gasteiger partial charge in [0.25, 0.3) is 0 Å². The van der Waals surface area contributed by atoms with Gasteiger partial charge < -0.3 is 9.47 Å². The molecule has 23 heavy (non-hydrogen) atoms. The second-order valence-corrected chi connectivity index (χ2v) is 5.15. The zero-order valence-electron chi connectivity index (χ0n) is 11.6. The highest BCUT2D eigenvalue weighted by Gasteiger charge is 2.18. The van der Waals surface area contributed by atoms with Gasteiger partial charge in [0.2, 0.25) is 0 Å². The van der Waals surface area contributed by atoms with Crippen LogP contribution in [-0.2, 0) is 11.3 Å². The summed E-state index contributed by atoms with van der Waals surface area (Å²) in [6, 6.07) is 4.43. The monoisotopic (exact) mass is 364 g/mol. The molecule has 0 atom stereocenters. The number of esters is 1. The molecule has 0 radical (unpaired) electrons. The summed E-state index contributed by atoms with van der Waals surface area (Å²) in [7, 11) is 1.12. The van der Waals surface area contributed by atoms with Gasteiger partial charge in [-0.1, -0.05) is 29.3 Å². The lowest BCUT2D eigenvalue weighted by Gasteiger charge is -2.11. The maximum Gasteiger partial charge on any atom is 0.340 e. The van der Waals surface area contributed by atoms with Crippen molar-refractivity contribution in [3.05, 3.63) is 62.9 Å². The average Bonchev–Trinajstić information content (AvgIpc) is 2.55. The summed E-state index contributed by atoms with van der Waals surface area (Å²) in [5.41, 5.74) is 0.0896. The highest BCUT2D eigenvalue weighted by Crippen LogP contribution is 2.34. The minimum Gasteiger partial charge on any atom is -0.487 e. The third kappa shape index (κ3) is 3.71. The second kappa shape index (κ2) is 7.10. The summed E-state index contributed by atoms with van der Waals surface area (Å²) in [6.45, 7) is -0.204. The first-order chi connectivity index (χ1) is 10.8. The van der Waals surface area contributed by atoms with Crippen LogP contribution in [0.1, 0.15) is 15.9 Å². The summed E-state index contributed by atoms with van der Waals surface area (Å²) in [5, 5.41) is -1.22. The Hall–Kier alpha value is -1.92. The van der Waals surface area contributed by atoms with Crippen LogP contribution in [0.2, 0.25) is 10.0 Å². The summed E-state index contributed by atoms with van der Waals surface area (Å²) >= 11 is 11.1. The molecular formula is C15H9Cl2F3O3. The van der Waals surface area contributed by atoms with Crippen LogP contribution >= 0.6 is 23.2 Å². The SMILES string of the molecule is COC(=O)c1cc(COc2cc(F)c(Cl)c(F)c2Cl)ccc1F. The van der Waals surface area contributed by atoms with Crippen molar-refractivity contribution in [3.8, 4) is 5.75 Å². The van der Waals surface area contributed by atoms with E-state index >= 15 is 0 Å². The van der Waals surface area contributed by atoms with Crippen molar-refractivity contribution >= 4 is 29.2 Å². The summed E-state index contributed by atoms with van der Waals surface area (Å²) in [4.78, 5) is 11.4. The maximum atomic E-state index is 13.6. The lowest BCUT2D eigenvalue weighted by molar-refractivity contribution is 0.0595. The second-order valence-electron chi connectivity index (χ2n) is 4.39. The fourth-order valence-electron chi connectivity index (χ4n) is 1.75. The molecule has 0 aliphatic rings. The first kappa shape index (κ1) is 17.4. The van der Waals surface area contributed by atoms with Crippen LogP contribution in [0.3, 0.4) is 0 Å². The van der Waals surface area contributed by atoms with Gasteiger partial charge in [0.05, 0.1) is 12.7 Å². The number of hydrogen-bond donors (Lipinski definition) is 0.